The number of benzene rings is 1. The number of halogens is 3. The summed E-state index contributed by atoms with van der Waals surface area (Å²) < 4.78 is 27.3. The summed E-state index contributed by atoms with van der Waals surface area (Å²) in [5.41, 5.74) is -0.870. The maximum atomic E-state index is 13.6. The van der Waals surface area contributed by atoms with Gasteiger partial charge in [0.1, 0.15) is 11.6 Å². The highest BCUT2D eigenvalue weighted by molar-refractivity contribution is 9.10. The fourth-order valence-electron chi connectivity index (χ4n) is 1.81. The van der Waals surface area contributed by atoms with E-state index in [1.165, 1.54) is 12.1 Å². The molecule has 0 aliphatic carbocycles. The van der Waals surface area contributed by atoms with Gasteiger partial charge in [-0.15, -0.1) is 0 Å². The first kappa shape index (κ1) is 15.5. The summed E-state index contributed by atoms with van der Waals surface area (Å²) in [6.45, 7) is 4.03. The van der Waals surface area contributed by atoms with E-state index in [1.807, 2.05) is 6.92 Å². The molecule has 102 valence electrons. The first-order valence-corrected chi connectivity index (χ1v) is 6.72. The van der Waals surface area contributed by atoms with Crippen molar-refractivity contribution in [2.75, 3.05) is 6.54 Å². The summed E-state index contributed by atoms with van der Waals surface area (Å²) in [6.07, 6.45) is 1.50. The third-order valence-electron chi connectivity index (χ3n) is 2.74. The molecule has 5 heteroatoms. The van der Waals surface area contributed by atoms with Crippen LogP contribution in [0.25, 0.3) is 0 Å². The van der Waals surface area contributed by atoms with Crippen molar-refractivity contribution in [1.29, 1.82) is 0 Å². The Balaban J connectivity index is 2.62. The highest BCUT2D eigenvalue weighted by atomic mass is 79.9. The quantitative estimate of drug-likeness (QED) is 0.787. The average molecular weight is 322 g/mol. The Morgan fingerprint density at radius 3 is 2.67 bits per heavy atom. The summed E-state index contributed by atoms with van der Waals surface area (Å²) >= 11 is 3.02. The zero-order chi connectivity index (χ0) is 13.8. The van der Waals surface area contributed by atoms with Crippen LogP contribution in [0, 0.1) is 11.6 Å². The maximum absolute atomic E-state index is 13.6. The Kier molecular flexibility index (Phi) is 5.69. The molecule has 0 saturated heterocycles. The third-order valence-corrected chi connectivity index (χ3v) is 3.35. The Bertz CT molecular complexity index is 410. The lowest BCUT2D eigenvalue weighted by atomic mass is 10.0. The molecule has 0 fully saturated rings. The van der Waals surface area contributed by atoms with E-state index in [2.05, 4.69) is 21.2 Å². The molecule has 1 atom stereocenters. The minimum atomic E-state index is -0.853. The molecular weight excluding hydrogens is 304 g/mol. The summed E-state index contributed by atoms with van der Waals surface area (Å²) in [5, 5.41) is 12.8. The number of rotatable bonds is 6. The largest absolute Gasteiger partial charge is 0.389 e. The monoisotopic (exact) mass is 321 g/mol. The van der Waals surface area contributed by atoms with E-state index in [0.717, 1.165) is 6.42 Å². The minimum Gasteiger partial charge on any atom is -0.389 e. The van der Waals surface area contributed by atoms with Crippen LogP contribution in [-0.2, 0) is 6.54 Å². The van der Waals surface area contributed by atoms with Crippen molar-refractivity contribution in [2.45, 2.75) is 38.8 Å². The third kappa shape index (κ3) is 4.30. The van der Waals surface area contributed by atoms with Crippen molar-refractivity contribution in [3.63, 3.8) is 0 Å². The Morgan fingerprint density at radius 1 is 1.39 bits per heavy atom. The van der Waals surface area contributed by atoms with E-state index in [4.69, 9.17) is 0 Å². The van der Waals surface area contributed by atoms with Gasteiger partial charge < -0.3 is 10.4 Å². The van der Waals surface area contributed by atoms with Gasteiger partial charge in [0.2, 0.25) is 0 Å². The summed E-state index contributed by atoms with van der Waals surface area (Å²) in [4.78, 5) is 0. The molecule has 0 saturated carbocycles. The molecule has 0 heterocycles. The molecule has 1 aromatic carbocycles. The molecule has 0 spiro atoms. The molecule has 0 amide bonds. The van der Waals surface area contributed by atoms with Gasteiger partial charge in [0.25, 0.3) is 0 Å². The molecule has 0 aliphatic rings. The second-order valence-corrected chi connectivity index (χ2v) is 5.53. The second kappa shape index (κ2) is 6.59. The topological polar surface area (TPSA) is 32.3 Å². The fraction of sp³-hybridized carbons (Fsp3) is 0.538. The summed E-state index contributed by atoms with van der Waals surface area (Å²) in [7, 11) is 0. The lowest BCUT2D eigenvalue weighted by Gasteiger charge is -2.23. The van der Waals surface area contributed by atoms with E-state index in [9.17, 15) is 13.9 Å². The number of nitrogens with one attached hydrogen (secondary N) is 1. The smallest absolute Gasteiger partial charge is 0.144 e. The van der Waals surface area contributed by atoms with Gasteiger partial charge >= 0.3 is 0 Å². The number of hydrogen-bond acceptors (Lipinski definition) is 2. The maximum Gasteiger partial charge on any atom is 0.144 e. The summed E-state index contributed by atoms with van der Waals surface area (Å²) in [6, 6.07) is 2.55. The van der Waals surface area contributed by atoms with E-state index in [1.54, 1.807) is 6.92 Å². The van der Waals surface area contributed by atoms with E-state index < -0.39 is 17.2 Å². The van der Waals surface area contributed by atoms with Crippen LogP contribution in [0.2, 0.25) is 0 Å². The van der Waals surface area contributed by atoms with Crippen molar-refractivity contribution in [1.82, 2.24) is 5.32 Å². The molecule has 1 aromatic rings. The molecule has 0 aromatic heterocycles. The molecule has 1 unspecified atom stereocenters. The molecule has 0 bridgehead atoms. The molecule has 2 N–H and O–H groups in total. The lowest BCUT2D eigenvalue weighted by molar-refractivity contribution is 0.0496. The van der Waals surface area contributed by atoms with Gasteiger partial charge in [-0.1, -0.05) is 13.3 Å². The highest BCUT2D eigenvalue weighted by Gasteiger charge is 2.19. The highest BCUT2D eigenvalue weighted by Crippen LogP contribution is 2.21. The van der Waals surface area contributed by atoms with Crippen LogP contribution in [0.5, 0.6) is 0 Å². The SMILES string of the molecule is CCCC(C)(O)CNCc1c(F)ccc(Br)c1F. The van der Waals surface area contributed by atoms with Gasteiger partial charge in [-0.05, 0) is 41.4 Å². The van der Waals surface area contributed by atoms with Crippen LogP contribution >= 0.6 is 15.9 Å². The minimum absolute atomic E-state index is 0.0170. The Morgan fingerprint density at radius 2 is 2.06 bits per heavy atom. The standard InChI is InChI=1S/C13H18BrF2NO/c1-3-6-13(2,18)8-17-7-9-11(15)5-4-10(14)12(9)16/h4-5,17-18H,3,6-8H2,1-2H3. The van der Waals surface area contributed by atoms with Gasteiger partial charge in [0.05, 0.1) is 10.1 Å². The number of aliphatic hydroxyl groups is 1. The predicted octanol–water partition coefficient (Wildman–Crippen LogP) is 3.37. The zero-order valence-electron chi connectivity index (χ0n) is 10.6. The number of hydrogen-bond donors (Lipinski definition) is 2. The van der Waals surface area contributed by atoms with Crippen LogP contribution in [0.3, 0.4) is 0 Å². The van der Waals surface area contributed by atoms with Gasteiger partial charge in [-0.25, -0.2) is 8.78 Å². The van der Waals surface area contributed by atoms with Gasteiger partial charge in [-0.3, -0.25) is 0 Å². The van der Waals surface area contributed by atoms with Crippen LogP contribution in [-0.4, -0.2) is 17.3 Å². The fourth-order valence-corrected chi connectivity index (χ4v) is 2.19. The molecule has 0 aliphatic heterocycles. The van der Waals surface area contributed by atoms with Crippen molar-refractivity contribution >= 4 is 15.9 Å². The molecular formula is C13H18BrF2NO. The van der Waals surface area contributed by atoms with E-state index in [-0.39, 0.29) is 16.6 Å². The molecule has 18 heavy (non-hydrogen) atoms. The zero-order valence-corrected chi connectivity index (χ0v) is 12.2. The summed E-state index contributed by atoms with van der Waals surface area (Å²) in [5.74, 6) is -1.18. The first-order valence-electron chi connectivity index (χ1n) is 5.93. The lowest BCUT2D eigenvalue weighted by Crippen LogP contribution is -2.37. The van der Waals surface area contributed by atoms with Crippen LogP contribution in [0.1, 0.15) is 32.3 Å². The molecule has 2 nitrogen and oxygen atoms in total. The van der Waals surface area contributed by atoms with Crippen molar-refractivity contribution < 1.29 is 13.9 Å². The van der Waals surface area contributed by atoms with Crippen molar-refractivity contribution in [3.8, 4) is 0 Å². The van der Waals surface area contributed by atoms with Gasteiger partial charge in [0, 0.05) is 18.7 Å². The van der Waals surface area contributed by atoms with Crippen molar-refractivity contribution in [3.05, 3.63) is 33.8 Å². The Hall–Kier alpha value is -0.520. The van der Waals surface area contributed by atoms with E-state index >= 15 is 0 Å². The van der Waals surface area contributed by atoms with Crippen LogP contribution in [0.15, 0.2) is 16.6 Å². The second-order valence-electron chi connectivity index (χ2n) is 4.67. The van der Waals surface area contributed by atoms with E-state index in [0.29, 0.717) is 13.0 Å². The van der Waals surface area contributed by atoms with Crippen LogP contribution < -0.4 is 5.32 Å². The van der Waals surface area contributed by atoms with Crippen molar-refractivity contribution in [2.24, 2.45) is 0 Å². The molecule has 0 radical (unpaired) electrons. The first-order chi connectivity index (χ1) is 8.37. The average Bonchev–Trinajstić information content (AvgIpc) is 2.28. The Labute approximate surface area is 115 Å². The van der Waals surface area contributed by atoms with Crippen LogP contribution in [0.4, 0.5) is 8.78 Å². The van der Waals surface area contributed by atoms with Gasteiger partial charge in [0.15, 0.2) is 0 Å². The normalized spacial score (nSPS) is 14.6. The predicted molar refractivity (Wildman–Crippen MR) is 71.3 cm³/mol. The van der Waals surface area contributed by atoms with Gasteiger partial charge in [-0.2, -0.15) is 0 Å². The molecule has 1 rings (SSSR count).